The Morgan fingerprint density at radius 1 is 1.47 bits per heavy atom. The van der Waals surface area contributed by atoms with Crippen molar-refractivity contribution in [3.8, 4) is 11.5 Å². The molecule has 0 amide bonds. The summed E-state index contributed by atoms with van der Waals surface area (Å²) in [6.45, 7) is 1.77. The molecule has 2 heterocycles. The first-order valence-corrected chi connectivity index (χ1v) is 5.80. The van der Waals surface area contributed by atoms with Crippen molar-refractivity contribution in [3.63, 3.8) is 0 Å². The number of hydrogen-bond acceptors (Lipinski definition) is 5. The van der Waals surface area contributed by atoms with Gasteiger partial charge in [-0.25, -0.2) is 0 Å². The topological polar surface area (TPSA) is 109 Å². The van der Waals surface area contributed by atoms with Gasteiger partial charge in [0.05, 0.1) is 0 Å². The van der Waals surface area contributed by atoms with Crippen LogP contribution in [0.25, 0.3) is 11.5 Å². The molecule has 0 fully saturated rings. The van der Waals surface area contributed by atoms with Gasteiger partial charge in [-0.15, -0.1) is 10.2 Å². The predicted octanol–water partition coefficient (Wildman–Crippen LogP) is 1.14. The largest absolute Gasteiger partial charge is 0.481 e. The lowest BCUT2D eigenvalue weighted by molar-refractivity contribution is -0.137. The average Bonchev–Trinajstić information content (AvgIpc) is 2.77. The monoisotopic (exact) mass is 263 g/mol. The molecule has 7 heteroatoms. The van der Waals surface area contributed by atoms with Crippen molar-refractivity contribution >= 4 is 5.97 Å². The van der Waals surface area contributed by atoms with Gasteiger partial charge in [-0.2, -0.15) is 0 Å². The molecule has 7 nitrogen and oxygen atoms in total. The molecule has 0 aromatic carbocycles. The van der Waals surface area contributed by atoms with E-state index in [0.29, 0.717) is 24.3 Å². The summed E-state index contributed by atoms with van der Waals surface area (Å²) in [4.78, 5) is 25.0. The maximum absolute atomic E-state index is 11.7. The van der Waals surface area contributed by atoms with E-state index in [1.807, 2.05) is 0 Å². The standard InChI is InChI=1S/C12H13N3O4/c1-7-5-9(16)8(6-13-7)12-15-14-10(19-12)3-2-4-11(17)18/h5-6H,2-4H2,1H3,(H,13,16)(H,17,18). The van der Waals surface area contributed by atoms with E-state index in [0.717, 1.165) is 5.69 Å². The molecule has 19 heavy (non-hydrogen) atoms. The number of aromatic amines is 1. The van der Waals surface area contributed by atoms with Crippen molar-refractivity contribution in [2.24, 2.45) is 0 Å². The number of aryl methyl sites for hydroxylation is 2. The van der Waals surface area contributed by atoms with E-state index < -0.39 is 5.97 Å². The Morgan fingerprint density at radius 3 is 2.95 bits per heavy atom. The van der Waals surface area contributed by atoms with Crippen molar-refractivity contribution in [1.29, 1.82) is 0 Å². The van der Waals surface area contributed by atoms with Crippen LogP contribution >= 0.6 is 0 Å². The van der Waals surface area contributed by atoms with Crippen LogP contribution in [0.2, 0.25) is 0 Å². The van der Waals surface area contributed by atoms with Crippen LogP contribution in [0.3, 0.4) is 0 Å². The fraction of sp³-hybridized carbons (Fsp3) is 0.333. The van der Waals surface area contributed by atoms with Gasteiger partial charge in [0.2, 0.25) is 5.89 Å². The number of nitrogens with zero attached hydrogens (tertiary/aromatic N) is 2. The number of H-pyrrole nitrogens is 1. The SMILES string of the molecule is Cc1cc(=O)c(-c2nnc(CCCC(=O)O)o2)c[nH]1. The second-order valence-corrected chi connectivity index (χ2v) is 4.14. The summed E-state index contributed by atoms with van der Waals surface area (Å²) in [5, 5.41) is 16.1. The quantitative estimate of drug-likeness (QED) is 0.837. The highest BCUT2D eigenvalue weighted by Gasteiger charge is 2.12. The molecule has 2 aromatic heterocycles. The molecule has 2 rings (SSSR count). The molecule has 2 N–H and O–H groups in total. The Morgan fingerprint density at radius 2 is 2.26 bits per heavy atom. The third-order valence-corrected chi connectivity index (χ3v) is 2.54. The lowest BCUT2D eigenvalue weighted by Gasteiger charge is -1.95. The Kier molecular flexibility index (Phi) is 3.74. The number of rotatable bonds is 5. The molecule has 100 valence electrons. The molecule has 0 aliphatic rings. The second-order valence-electron chi connectivity index (χ2n) is 4.14. The normalized spacial score (nSPS) is 10.6. The fourth-order valence-corrected chi connectivity index (χ4v) is 1.59. The van der Waals surface area contributed by atoms with E-state index in [1.54, 1.807) is 6.92 Å². The van der Waals surface area contributed by atoms with E-state index >= 15 is 0 Å². The van der Waals surface area contributed by atoms with Gasteiger partial charge in [-0.3, -0.25) is 9.59 Å². The van der Waals surface area contributed by atoms with Crippen LogP contribution in [0.1, 0.15) is 24.4 Å². The van der Waals surface area contributed by atoms with E-state index in [4.69, 9.17) is 9.52 Å². The number of carboxylic acid groups (broad SMARTS) is 1. The van der Waals surface area contributed by atoms with Crippen molar-refractivity contribution in [1.82, 2.24) is 15.2 Å². The van der Waals surface area contributed by atoms with E-state index in [2.05, 4.69) is 15.2 Å². The lowest BCUT2D eigenvalue weighted by Crippen LogP contribution is -2.05. The molecule has 0 aliphatic carbocycles. The molecule has 0 radical (unpaired) electrons. The minimum absolute atomic E-state index is 0.0445. The van der Waals surface area contributed by atoms with Crippen LogP contribution in [0, 0.1) is 6.92 Å². The molecular formula is C12H13N3O4. The molecular weight excluding hydrogens is 250 g/mol. The second kappa shape index (κ2) is 5.47. The van der Waals surface area contributed by atoms with E-state index in [-0.39, 0.29) is 17.7 Å². The summed E-state index contributed by atoms with van der Waals surface area (Å²) in [7, 11) is 0. The molecule has 0 saturated carbocycles. The summed E-state index contributed by atoms with van der Waals surface area (Å²) in [6, 6.07) is 1.45. The number of aromatic nitrogens is 3. The number of pyridine rings is 1. The number of hydrogen-bond donors (Lipinski definition) is 2. The molecule has 2 aromatic rings. The predicted molar refractivity (Wildman–Crippen MR) is 65.7 cm³/mol. The molecule has 0 spiro atoms. The van der Waals surface area contributed by atoms with Crippen LogP contribution < -0.4 is 5.43 Å². The summed E-state index contributed by atoms with van der Waals surface area (Å²) in [5.74, 6) is -0.391. The highest BCUT2D eigenvalue weighted by Crippen LogP contribution is 2.14. The van der Waals surface area contributed by atoms with Crippen molar-refractivity contribution in [2.45, 2.75) is 26.2 Å². The molecule has 0 atom stereocenters. The summed E-state index contributed by atoms with van der Waals surface area (Å²) < 4.78 is 5.34. The maximum atomic E-state index is 11.7. The lowest BCUT2D eigenvalue weighted by atomic mass is 10.2. The van der Waals surface area contributed by atoms with Gasteiger partial charge in [-0.05, 0) is 13.3 Å². The molecule has 0 aliphatic heterocycles. The fourth-order valence-electron chi connectivity index (χ4n) is 1.59. The number of carbonyl (C=O) groups is 1. The zero-order valence-corrected chi connectivity index (χ0v) is 10.3. The highest BCUT2D eigenvalue weighted by atomic mass is 16.4. The Hall–Kier alpha value is -2.44. The smallest absolute Gasteiger partial charge is 0.303 e. The van der Waals surface area contributed by atoms with Crippen LogP contribution in [0.5, 0.6) is 0 Å². The minimum Gasteiger partial charge on any atom is -0.481 e. The maximum Gasteiger partial charge on any atom is 0.303 e. The Labute approximate surface area is 108 Å². The van der Waals surface area contributed by atoms with Crippen LogP contribution in [-0.4, -0.2) is 26.3 Å². The summed E-state index contributed by atoms with van der Waals surface area (Å²) in [5.41, 5.74) is 0.856. The molecule has 0 bridgehead atoms. The zero-order chi connectivity index (χ0) is 13.8. The first-order valence-electron chi connectivity index (χ1n) is 5.80. The zero-order valence-electron chi connectivity index (χ0n) is 10.3. The van der Waals surface area contributed by atoms with Crippen LogP contribution in [0.15, 0.2) is 21.5 Å². The molecule has 0 saturated heterocycles. The third-order valence-electron chi connectivity index (χ3n) is 2.54. The van der Waals surface area contributed by atoms with Crippen molar-refractivity contribution in [2.75, 3.05) is 0 Å². The van der Waals surface area contributed by atoms with Crippen LogP contribution in [0.4, 0.5) is 0 Å². The number of carboxylic acids is 1. The van der Waals surface area contributed by atoms with Gasteiger partial charge in [0.25, 0.3) is 5.89 Å². The van der Waals surface area contributed by atoms with E-state index in [1.165, 1.54) is 12.3 Å². The van der Waals surface area contributed by atoms with Gasteiger partial charge in [0.15, 0.2) is 5.43 Å². The number of aliphatic carboxylic acids is 1. The van der Waals surface area contributed by atoms with Gasteiger partial charge in [0.1, 0.15) is 5.56 Å². The Balaban J connectivity index is 2.12. The van der Waals surface area contributed by atoms with Gasteiger partial charge in [0, 0.05) is 30.8 Å². The first-order chi connectivity index (χ1) is 9.06. The van der Waals surface area contributed by atoms with E-state index in [9.17, 15) is 9.59 Å². The minimum atomic E-state index is -0.866. The molecule has 0 unspecified atom stereocenters. The third kappa shape index (κ3) is 3.27. The summed E-state index contributed by atoms with van der Waals surface area (Å²) in [6.07, 6.45) is 2.36. The number of nitrogens with one attached hydrogen (secondary N) is 1. The summed E-state index contributed by atoms with van der Waals surface area (Å²) >= 11 is 0. The highest BCUT2D eigenvalue weighted by molar-refractivity contribution is 5.66. The van der Waals surface area contributed by atoms with Gasteiger partial charge < -0.3 is 14.5 Å². The Bertz CT molecular complexity index is 644. The van der Waals surface area contributed by atoms with Gasteiger partial charge >= 0.3 is 5.97 Å². The first kappa shape index (κ1) is 13.0. The van der Waals surface area contributed by atoms with Crippen molar-refractivity contribution < 1.29 is 14.3 Å². The average molecular weight is 263 g/mol. The van der Waals surface area contributed by atoms with Crippen LogP contribution in [-0.2, 0) is 11.2 Å². The van der Waals surface area contributed by atoms with Crippen molar-refractivity contribution in [3.05, 3.63) is 34.1 Å². The van der Waals surface area contributed by atoms with Gasteiger partial charge in [-0.1, -0.05) is 0 Å².